The first-order valence-electron chi connectivity index (χ1n) is 5.14. The summed E-state index contributed by atoms with van der Waals surface area (Å²) in [6.07, 6.45) is 0. The molecule has 0 fully saturated rings. The smallest absolute Gasteiger partial charge is 0.335 e. The number of carbonyl (C=O) groups excluding carboxylic acids is 1. The van der Waals surface area contributed by atoms with Gasteiger partial charge in [-0.25, -0.2) is 4.79 Å². The van der Waals surface area contributed by atoms with E-state index in [2.05, 4.69) is 10.5 Å². The highest BCUT2D eigenvalue weighted by molar-refractivity contribution is 6.05. The van der Waals surface area contributed by atoms with Crippen molar-refractivity contribution in [3.05, 3.63) is 47.2 Å². The van der Waals surface area contributed by atoms with Gasteiger partial charge in [-0.15, -0.1) is 0 Å². The molecular weight excluding hydrogens is 236 g/mol. The van der Waals surface area contributed by atoms with Gasteiger partial charge in [-0.05, 0) is 25.1 Å². The maximum atomic E-state index is 11.8. The fourth-order valence-electron chi connectivity index (χ4n) is 1.41. The Morgan fingerprint density at radius 3 is 2.61 bits per heavy atom. The van der Waals surface area contributed by atoms with E-state index >= 15 is 0 Å². The molecule has 6 nitrogen and oxygen atoms in total. The van der Waals surface area contributed by atoms with Crippen LogP contribution >= 0.6 is 0 Å². The Morgan fingerprint density at radius 2 is 2.00 bits per heavy atom. The predicted molar refractivity (Wildman–Crippen MR) is 62.6 cm³/mol. The number of aromatic carboxylic acids is 1. The number of amides is 1. The molecule has 0 unspecified atom stereocenters. The Morgan fingerprint density at radius 1 is 1.28 bits per heavy atom. The van der Waals surface area contributed by atoms with Crippen molar-refractivity contribution in [1.29, 1.82) is 0 Å². The second-order valence-corrected chi connectivity index (χ2v) is 3.66. The van der Waals surface area contributed by atoms with Crippen LogP contribution in [0.25, 0.3) is 0 Å². The Hall–Kier alpha value is -2.63. The minimum Gasteiger partial charge on any atom is -0.478 e. The molecule has 0 saturated carbocycles. The van der Waals surface area contributed by atoms with E-state index in [1.807, 2.05) is 0 Å². The van der Waals surface area contributed by atoms with E-state index in [4.69, 9.17) is 9.63 Å². The first kappa shape index (κ1) is 11.8. The van der Waals surface area contributed by atoms with Crippen molar-refractivity contribution in [3.8, 4) is 0 Å². The summed E-state index contributed by atoms with van der Waals surface area (Å²) in [7, 11) is 0. The van der Waals surface area contributed by atoms with Crippen molar-refractivity contribution < 1.29 is 19.2 Å². The molecule has 1 aromatic carbocycles. The molecule has 92 valence electrons. The van der Waals surface area contributed by atoms with Crippen LogP contribution in [0.3, 0.4) is 0 Å². The average Bonchev–Trinajstić information content (AvgIpc) is 2.75. The maximum absolute atomic E-state index is 11.8. The minimum atomic E-state index is -1.08. The molecule has 0 aliphatic heterocycles. The van der Waals surface area contributed by atoms with Gasteiger partial charge in [0, 0.05) is 11.6 Å². The van der Waals surface area contributed by atoms with Crippen LogP contribution in [-0.4, -0.2) is 22.1 Å². The van der Waals surface area contributed by atoms with Gasteiger partial charge in [0.1, 0.15) is 5.76 Å². The molecule has 1 aromatic heterocycles. The molecule has 0 bridgehead atoms. The molecule has 0 saturated heterocycles. The third-order valence-electron chi connectivity index (χ3n) is 2.24. The van der Waals surface area contributed by atoms with Crippen molar-refractivity contribution in [3.63, 3.8) is 0 Å². The number of anilines is 1. The molecule has 2 N–H and O–H groups in total. The number of benzene rings is 1. The van der Waals surface area contributed by atoms with Crippen LogP contribution in [0.4, 0.5) is 5.82 Å². The van der Waals surface area contributed by atoms with Gasteiger partial charge < -0.3 is 14.9 Å². The molecular formula is C12H10N2O4. The number of aromatic nitrogens is 1. The molecule has 1 amide bonds. The number of carboxylic acids is 1. The first-order valence-corrected chi connectivity index (χ1v) is 5.14. The average molecular weight is 246 g/mol. The summed E-state index contributed by atoms with van der Waals surface area (Å²) in [6.45, 7) is 1.70. The second-order valence-electron chi connectivity index (χ2n) is 3.66. The van der Waals surface area contributed by atoms with Crippen LogP contribution in [0.1, 0.15) is 26.5 Å². The van der Waals surface area contributed by atoms with E-state index < -0.39 is 11.9 Å². The van der Waals surface area contributed by atoms with Gasteiger partial charge >= 0.3 is 5.97 Å². The van der Waals surface area contributed by atoms with Gasteiger partial charge in [-0.2, -0.15) is 0 Å². The lowest BCUT2D eigenvalue weighted by Crippen LogP contribution is -2.12. The molecule has 6 heteroatoms. The van der Waals surface area contributed by atoms with Gasteiger partial charge in [0.15, 0.2) is 5.82 Å². The van der Waals surface area contributed by atoms with Crippen LogP contribution < -0.4 is 5.32 Å². The van der Waals surface area contributed by atoms with Crippen LogP contribution in [0.15, 0.2) is 34.9 Å². The third kappa shape index (κ3) is 2.54. The molecule has 0 spiro atoms. The lowest BCUT2D eigenvalue weighted by molar-refractivity contribution is 0.0697. The zero-order valence-corrected chi connectivity index (χ0v) is 9.51. The van der Waals surface area contributed by atoms with Gasteiger partial charge in [0.05, 0.1) is 5.56 Å². The van der Waals surface area contributed by atoms with Crippen molar-refractivity contribution >= 4 is 17.7 Å². The number of nitrogens with one attached hydrogen (secondary N) is 1. The normalized spacial score (nSPS) is 10.1. The van der Waals surface area contributed by atoms with Gasteiger partial charge in [0.2, 0.25) is 0 Å². The molecule has 18 heavy (non-hydrogen) atoms. The summed E-state index contributed by atoms with van der Waals surface area (Å²) in [6, 6.07) is 7.31. The Bertz CT molecular complexity index is 604. The summed E-state index contributed by atoms with van der Waals surface area (Å²) in [5, 5.41) is 14.9. The highest BCUT2D eigenvalue weighted by atomic mass is 16.5. The van der Waals surface area contributed by atoms with Crippen LogP contribution in [0.2, 0.25) is 0 Å². The van der Waals surface area contributed by atoms with Gasteiger partial charge in [-0.1, -0.05) is 11.2 Å². The largest absolute Gasteiger partial charge is 0.478 e. The molecule has 1 heterocycles. The van der Waals surface area contributed by atoms with E-state index in [-0.39, 0.29) is 11.1 Å². The van der Waals surface area contributed by atoms with E-state index in [0.717, 1.165) is 0 Å². The number of aryl methyl sites for hydroxylation is 1. The lowest BCUT2D eigenvalue weighted by Gasteiger charge is -2.02. The summed E-state index contributed by atoms with van der Waals surface area (Å²) in [5.41, 5.74) is 0.300. The molecule has 2 rings (SSSR count). The topological polar surface area (TPSA) is 92.4 Å². The van der Waals surface area contributed by atoms with Crippen LogP contribution in [0.5, 0.6) is 0 Å². The number of nitrogens with zero attached hydrogens (tertiary/aromatic N) is 1. The van der Waals surface area contributed by atoms with E-state index in [1.54, 1.807) is 13.0 Å². The standard InChI is InChI=1S/C12H10N2O4/c1-7-5-10(14-18-7)13-11(15)8-3-2-4-9(6-8)12(16)17/h2-6H,1H3,(H,16,17)(H,13,14,15). The molecule has 0 radical (unpaired) electrons. The summed E-state index contributed by atoms with van der Waals surface area (Å²) in [5.74, 6) is -0.656. The Kier molecular flexibility index (Phi) is 3.09. The van der Waals surface area contributed by atoms with Crippen LogP contribution in [-0.2, 0) is 0 Å². The Labute approximate surface area is 102 Å². The zero-order chi connectivity index (χ0) is 13.1. The molecule has 0 atom stereocenters. The molecule has 0 aliphatic carbocycles. The molecule has 2 aromatic rings. The second kappa shape index (κ2) is 4.70. The van der Waals surface area contributed by atoms with Crippen molar-refractivity contribution in [2.24, 2.45) is 0 Å². The number of hydrogen-bond donors (Lipinski definition) is 2. The van der Waals surface area contributed by atoms with Crippen molar-refractivity contribution in [2.75, 3.05) is 5.32 Å². The fourth-order valence-corrected chi connectivity index (χ4v) is 1.41. The van der Waals surface area contributed by atoms with E-state index in [9.17, 15) is 9.59 Å². The van der Waals surface area contributed by atoms with Gasteiger partial charge in [0.25, 0.3) is 5.91 Å². The SMILES string of the molecule is Cc1cc(NC(=O)c2cccc(C(=O)O)c2)no1. The van der Waals surface area contributed by atoms with Crippen LogP contribution in [0, 0.1) is 6.92 Å². The maximum Gasteiger partial charge on any atom is 0.335 e. The highest BCUT2D eigenvalue weighted by Crippen LogP contribution is 2.11. The summed E-state index contributed by atoms with van der Waals surface area (Å²) in [4.78, 5) is 22.6. The van der Waals surface area contributed by atoms with Gasteiger partial charge in [-0.3, -0.25) is 4.79 Å². The number of carbonyl (C=O) groups is 2. The number of carboxylic acid groups (broad SMARTS) is 1. The van der Waals surface area contributed by atoms with Crippen molar-refractivity contribution in [1.82, 2.24) is 5.16 Å². The monoisotopic (exact) mass is 246 g/mol. The lowest BCUT2D eigenvalue weighted by atomic mass is 10.1. The number of hydrogen-bond acceptors (Lipinski definition) is 4. The van der Waals surface area contributed by atoms with Crippen molar-refractivity contribution in [2.45, 2.75) is 6.92 Å². The third-order valence-corrected chi connectivity index (χ3v) is 2.24. The van der Waals surface area contributed by atoms with E-state index in [1.165, 1.54) is 24.3 Å². The number of rotatable bonds is 3. The Balaban J connectivity index is 2.18. The first-order chi connectivity index (χ1) is 8.56. The molecule has 0 aliphatic rings. The zero-order valence-electron chi connectivity index (χ0n) is 9.51. The highest BCUT2D eigenvalue weighted by Gasteiger charge is 2.11. The van der Waals surface area contributed by atoms with E-state index in [0.29, 0.717) is 11.6 Å². The predicted octanol–water partition coefficient (Wildman–Crippen LogP) is 1.93. The minimum absolute atomic E-state index is 0.0546. The fraction of sp³-hybridized carbons (Fsp3) is 0.0833. The summed E-state index contributed by atoms with van der Waals surface area (Å²) >= 11 is 0. The quantitative estimate of drug-likeness (QED) is 0.863. The summed E-state index contributed by atoms with van der Waals surface area (Å²) < 4.78 is 4.80.